The minimum Gasteiger partial charge on any atom is -0.508 e. The highest BCUT2D eigenvalue weighted by atomic mass is 79.9. The number of carbonyl (C=O) groups excluding carboxylic acids is 1. The van der Waals surface area contributed by atoms with Gasteiger partial charge >= 0.3 is 0 Å². The molecule has 1 aromatic heterocycles. The first-order valence-electron chi connectivity index (χ1n) is 5.06. The van der Waals surface area contributed by atoms with Crippen LogP contribution in [0.1, 0.15) is 15.2 Å². The van der Waals surface area contributed by atoms with Crippen LogP contribution in [0.5, 0.6) is 5.75 Å². The van der Waals surface area contributed by atoms with Gasteiger partial charge in [-0.25, -0.2) is 4.39 Å². The molecule has 0 aliphatic rings. The van der Waals surface area contributed by atoms with Gasteiger partial charge in [0.1, 0.15) is 11.6 Å². The molecule has 2 N–H and O–H groups in total. The summed E-state index contributed by atoms with van der Waals surface area (Å²) in [5.74, 6) is -1.45. The molecule has 0 spiro atoms. The van der Waals surface area contributed by atoms with Crippen molar-refractivity contribution in [2.24, 2.45) is 0 Å². The molecule has 0 bridgehead atoms. The summed E-state index contributed by atoms with van der Waals surface area (Å²) in [6.07, 6.45) is 0. The highest BCUT2D eigenvalue weighted by molar-refractivity contribution is 9.10. The average molecular weight is 330 g/mol. The third kappa shape index (κ3) is 2.88. The van der Waals surface area contributed by atoms with Gasteiger partial charge in [0.25, 0.3) is 5.91 Å². The van der Waals surface area contributed by atoms with Crippen LogP contribution in [-0.4, -0.2) is 11.0 Å². The molecule has 1 heterocycles. The zero-order valence-electron chi connectivity index (χ0n) is 9.11. The normalized spacial score (nSPS) is 10.3. The van der Waals surface area contributed by atoms with Crippen molar-refractivity contribution in [3.05, 3.63) is 50.4 Å². The van der Waals surface area contributed by atoms with Crippen molar-refractivity contribution >= 4 is 33.2 Å². The first-order chi connectivity index (χ1) is 8.58. The quantitative estimate of drug-likeness (QED) is 0.907. The Labute approximate surface area is 115 Å². The zero-order chi connectivity index (χ0) is 13.1. The summed E-state index contributed by atoms with van der Waals surface area (Å²) in [5.41, 5.74) is -0.0829. The third-order valence-electron chi connectivity index (χ3n) is 2.30. The molecule has 0 saturated carbocycles. The number of rotatable bonds is 3. The van der Waals surface area contributed by atoms with E-state index in [2.05, 4.69) is 21.2 Å². The third-order valence-corrected chi connectivity index (χ3v) is 4.22. The van der Waals surface area contributed by atoms with Gasteiger partial charge in [-0.3, -0.25) is 4.79 Å². The van der Waals surface area contributed by atoms with E-state index in [0.29, 0.717) is 6.54 Å². The maximum absolute atomic E-state index is 13.4. The number of nitrogens with one attached hydrogen (secondary N) is 1. The Morgan fingerprint density at radius 2 is 2.22 bits per heavy atom. The molecule has 1 amide bonds. The topological polar surface area (TPSA) is 49.3 Å². The van der Waals surface area contributed by atoms with E-state index in [0.717, 1.165) is 15.4 Å². The van der Waals surface area contributed by atoms with Crippen LogP contribution in [0.25, 0.3) is 0 Å². The first kappa shape index (κ1) is 13.0. The Hall–Kier alpha value is -1.40. The molecule has 0 fully saturated rings. The fourth-order valence-electron chi connectivity index (χ4n) is 1.40. The molecule has 3 nitrogen and oxygen atoms in total. The van der Waals surface area contributed by atoms with E-state index >= 15 is 0 Å². The smallest absolute Gasteiger partial charge is 0.254 e. The molecular weight excluding hydrogens is 321 g/mol. The summed E-state index contributed by atoms with van der Waals surface area (Å²) in [7, 11) is 0. The SMILES string of the molecule is O=C(NCc1sccc1Br)c1ccc(O)cc1F. The van der Waals surface area contributed by atoms with E-state index in [9.17, 15) is 9.18 Å². The predicted molar refractivity (Wildman–Crippen MR) is 71.3 cm³/mol. The fourth-order valence-corrected chi connectivity index (χ4v) is 2.83. The molecule has 0 radical (unpaired) electrons. The van der Waals surface area contributed by atoms with Gasteiger partial charge in [-0.1, -0.05) is 0 Å². The summed E-state index contributed by atoms with van der Waals surface area (Å²) in [5, 5.41) is 13.6. The van der Waals surface area contributed by atoms with E-state index in [4.69, 9.17) is 5.11 Å². The van der Waals surface area contributed by atoms with Crippen molar-refractivity contribution in [1.82, 2.24) is 5.32 Å². The van der Waals surface area contributed by atoms with Gasteiger partial charge in [0.05, 0.1) is 12.1 Å². The summed E-state index contributed by atoms with van der Waals surface area (Å²) in [6.45, 7) is 0.331. The number of phenolic OH excluding ortho intramolecular Hbond substituents is 1. The summed E-state index contributed by atoms with van der Waals surface area (Å²) >= 11 is 4.85. The number of halogens is 2. The van der Waals surface area contributed by atoms with Crippen LogP contribution in [0.4, 0.5) is 4.39 Å². The maximum Gasteiger partial charge on any atom is 0.254 e. The Bertz CT molecular complexity index is 585. The van der Waals surface area contributed by atoms with E-state index in [1.165, 1.54) is 23.5 Å². The lowest BCUT2D eigenvalue weighted by Crippen LogP contribution is -2.23. The lowest BCUT2D eigenvalue weighted by Gasteiger charge is -2.05. The van der Waals surface area contributed by atoms with E-state index in [1.807, 2.05) is 11.4 Å². The standard InChI is InChI=1S/C12H9BrFNO2S/c13-9-3-4-18-11(9)6-15-12(17)8-2-1-7(16)5-10(8)14/h1-5,16H,6H2,(H,15,17). The average Bonchev–Trinajstić information content (AvgIpc) is 2.72. The number of hydrogen-bond acceptors (Lipinski definition) is 3. The highest BCUT2D eigenvalue weighted by Gasteiger charge is 2.12. The summed E-state index contributed by atoms with van der Waals surface area (Å²) in [4.78, 5) is 12.7. The number of amides is 1. The second-order valence-corrected chi connectivity index (χ2v) is 5.39. The van der Waals surface area contributed by atoms with Crippen molar-refractivity contribution in [3.8, 4) is 5.75 Å². The van der Waals surface area contributed by atoms with Crippen molar-refractivity contribution in [2.75, 3.05) is 0 Å². The molecule has 1 aromatic carbocycles. The minimum absolute atomic E-state index is 0.0829. The molecular formula is C12H9BrFNO2S. The second-order valence-electron chi connectivity index (χ2n) is 3.54. The summed E-state index contributed by atoms with van der Waals surface area (Å²) < 4.78 is 14.3. The zero-order valence-corrected chi connectivity index (χ0v) is 11.5. The van der Waals surface area contributed by atoms with Gasteiger partial charge in [0.2, 0.25) is 0 Å². The summed E-state index contributed by atoms with van der Waals surface area (Å²) in [6, 6.07) is 5.33. The lowest BCUT2D eigenvalue weighted by molar-refractivity contribution is 0.0947. The molecule has 0 atom stereocenters. The number of benzene rings is 1. The van der Waals surface area contributed by atoms with Crippen LogP contribution in [0, 0.1) is 5.82 Å². The van der Waals surface area contributed by atoms with Gasteiger partial charge < -0.3 is 10.4 Å². The molecule has 0 aliphatic carbocycles. The van der Waals surface area contributed by atoms with E-state index in [1.54, 1.807) is 0 Å². The molecule has 2 aromatic rings. The van der Waals surface area contributed by atoms with Crippen molar-refractivity contribution in [2.45, 2.75) is 6.54 Å². The largest absolute Gasteiger partial charge is 0.508 e. The Morgan fingerprint density at radius 3 is 2.83 bits per heavy atom. The van der Waals surface area contributed by atoms with Crippen LogP contribution < -0.4 is 5.32 Å². The molecule has 0 aliphatic heterocycles. The van der Waals surface area contributed by atoms with Crippen molar-refractivity contribution in [1.29, 1.82) is 0 Å². The van der Waals surface area contributed by atoms with Crippen molar-refractivity contribution < 1.29 is 14.3 Å². The number of phenols is 1. The molecule has 0 unspecified atom stereocenters. The van der Waals surface area contributed by atoms with Crippen LogP contribution in [-0.2, 0) is 6.54 Å². The fraction of sp³-hybridized carbons (Fsp3) is 0.0833. The first-order valence-corrected chi connectivity index (χ1v) is 6.74. The second kappa shape index (κ2) is 5.49. The number of aromatic hydroxyl groups is 1. The van der Waals surface area contributed by atoms with Crippen LogP contribution in [0.2, 0.25) is 0 Å². The maximum atomic E-state index is 13.4. The van der Waals surface area contributed by atoms with E-state index in [-0.39, 0.29) is 11.3 Å². The predicted octanol–water partition coefficient (Wildman–Crippen LogP) is 3.29. The Morgan fingerprint density at radius 1 is 1.44 bits per heavy atom. The Balaban J connectivity index is 2.06. The lowest BCUT2D eigenvalue weighted by atomic mass is 10.2. The molecule has 0 saturated heterocycles. The number of hydrogen-bond donors (Lipinski definition) is 2. The van der Waals surface area contributed by atoms with Crippen LogP contribution in [0.3, 0.4) is 0 Å². The molecule has 6 heteroatoms. The molecule has 2 rings (SSSR count). The van der Waals surface area contributed by atoms with Gasteiger partial charge in [-0.2, -0.15) is 0 Å². The van der Waals surface area contributed by atoms with E-state index < -0.39 is 11.7 Å². The molecule has 94 valence electrons. The van der Waals surface area contributed by atoms with Gasteiger partial charge in [-0.15, -0.1) is 11.3 Å². The van der Waals surface area contributed by atoms with Gasteiger partial charge in [0.15, 0.2) is 0 Å². The van der Waals surface area contributed by atoms with Crippen LogP contribution in [0.15, 0.2) is 34.1 Å². The number of carbonyl (C=O) groups is 1. The van der Waals surface area contributed by atoms with Crippen LogP contribution >= 0.6 is 27.3 Å². The Kier molecular flexibility index (Phi) is 3.98. The monoisotopic (exact) mass is 329 g/mol. The highest BCUT2D eigenvalue weighted by Crippen LogP contribution is 2.22. The van der Waals surface area contributed by atoms with Crippen molar-refractivity contribution in [3.63, 3.8) is 0 Å². The van der Waals surface area contributed by atoms with Gasteiger partial charge in [-0.05, 0) is 39.5 Å². The molecule has 18 heavy (non-hydrogen) atoms. The minimum atomic E-state index is -0.738. The number of thiophene rings is 1. The van der Waals surface area contributed by atoms with Gasteiger partial charge in [0, 0.05) is 15.4 Å².